The van der Waals surface area contributed by atoms with E-state index < -0.39 is 133 Å². The van der Waals surface area contributed by atoms with Crippen molar-refractivity contribution in [3.8, 4) is 0 Å². The zero-order valence-electron chi connectivity index (χ0n) is 40.0. The van der Waals surface area contributed by atoms with Crippen LogP contribution in [0.3, 0.4) is 0 Å². The van der Waals surface area contributed by atoms with Crippen LogP contribution in [-0.2, 0) is 54.4 Å². The lowest BCUT2D eigenvalue weighted by molar-refractivity contribution is -0.144. The van der Waals surface area contributed by atoms with Crippen molar-refractivity contribution in [1.82, 2.24) is 42.1 Å². The Hall–Kier alpha value is -5.85. The highest BCUT2D eigenvalue weighted by atomic mass is 32.2. The molecule has 23 nitrogen and oxygen atoms in total. The van der Waals surface area contributed by atoms with Crippen molar-refractivity contribution >= 4 is 71.0 Å². The van der Waals surface area contributed by atoms with Crippen LogP contribution in [0.4, 0.5) is 0 Å². The SMILES string of the molecule is CSCC[C@H](NC(=O)[C@H](Cc1ccccc1)NC(=O)[C@H](CC(C)C)NC(=O)[C@H](CCCCN)NC(=O)CNC(=O)[C@H](CO)NC(=O)[C@@H]1CCCN1C(=O)[C@@H](NC(=O)[C@@H](N)CC(=O)O)C(C)C)C(=O)O. The number of amides is 8. The van der Waals surface area contributed by atoms with Gasteiger partial charge in [-0.05, 0) is 80.9 Å². The molecule has 1 heterocycles. The van der Waals surface area contributed by atoms with Gasteiger partial charge in [0.05, 0.1) is 25.6 Å². The molecular formula is C45H72N10O13S. The number of nitrogens with zero attached hydrogens (tertiary/aromatic N) is 1. The Morgan fingerprint density at radius 1 is 0.754 bits per heavy atom. The quantitative estimate of drug-likeness (QED) is 0.0348. The van der Waals surface area contributed by atoms with Gasteiger partial charge in [-0.1, -0.05) is 58.0 Å². The van der Waals surface area contributed by atoms with Crippen LogP contribution >= 0.6 is 11.8 Å². The maximum Gasteiger partial charge on any atom is 0.326 e. The summed E-state index contributed by atoms with van der Waals surface area (Å²) in [4.78, 5) is 132. The second-order valence-electron chi connectivity index (χ2n) is 17.6. The first-order chi connectivity index (χ1) is 32.6. The molecule has 1 aliphatic heterocycles. The van der Waals surface area contributed by atoms with Gasteiger partial charge in [-0.2, -0.15) is 11.8 Å². The molecule has 1 fully saturated rings. The molecule has 1 saturated heterocycles. The second-order valence-corrected chi connectivity index (χ2v) is 18.6. The van der Waals surface area contributed by atoms with E-state index in [1.165, 1.54) is 16.7 Å². The van der Waals surface area contributed by atoms with E-state index in [9.17, 15) is 58.2 Å². The number of aliphatic hydroxyl groups excluding tert-OH is 1. The van der Waals surface area contributed by atoms with E-state index in [4.69, 9.17) is 16.6 Å². The summed E-state index contributed by atoms with van der Waals surface area (Å²) >= 11 is 1.41. The molecule has 14 N–H and O–H groups in total. The zero-order valence-corrected chi connectivity index (χ0v) is 40.8. The standard InChI is InChI=1S/C45H72N10O13S/c1-25(2)20-31(41(63)52-32(21-27-12-7-6-8-13-27)42(64)50-30(45(67)68)16-19-69-5)51-40(62)29(14-9-10-17-46)49-35(57)23-48-39(61)33(24-56)53-43(65)34-15-11-18-55(34)44(66)37(26(3)4)54-38(60)28(47)22-36(58)59/h6-8,12-13,25-26,28-34,37,56H,9-11,14-24,46-47H2,1-5H3,(H,48,61)(H,49,57)(H,50,64)(H,51,62)(H,52,63)(H,53,65)(H,54,60)(H,58,59)(H,67,68)/t28-,29-,30-,31-,32-,33-,34-,37-/m0/s1. The Labute approximate surface area is 406 Å². The number of aliphatic carboxylic acids is 2. The molecule has 386 valence electrons. The van der Waals surface area contributed by atoms with Crippen molar-refractivity contribution in [2.24, 2.45) is 23.3 Å². The molecular weight excluding hydrogens is 921 g/mol. The second kappa shape index (κ2) is 30.6. The summed E-state index contributed by atoms with van der Waals surface area (Å²) in [6, 6.07) is -1.38. The third-order valence-electron chi connectivity index (χ3n) is 11.1. The van der Waals surface area contributed by atoms with Gasteiger partial charge in [0.25, 0.3) is 0 Å². The minimum absolute atomic E-state index is 0.00695. The number of hydrogen-bond donors (Lipinski definition) is 12. The number of benzene rings is 1. The molecule has 1 aliphatic rings. The lowest BCUT2D eigenvalue weighted by Gasteiger charge is -2.31. The number of aliphatic hydroxyl groups is 1. The Bertz CT molecular complexity index is 1910. The first-order valence-corrected chi connectivity index (χ1v) is 24.5. The predicted molar refractivity (Wildman–Crippen MR) is 255 cm³/mol. The summed E-state index contributed by atoms with van der Waals surface area (Å²) in [6.07, 6.45) is 2.89. The average molecular weight is 993 g/mol. The molecule has 0 aliphatic carbocycles. The van der Waals surface area contributed by atoms with Crippen molar-refractivity contribution in [1.29, 1.82) is 0 Å². The summed E-state index contributed by atoms with van der Waals surface area (Å²) < 4.78 is 0. The van der Waals surface area contributed by atoms with Gasteiger partial charge in [-0.25, -0.2) is 4.79 Å². The molecule has 24 heteroatoms. The highest BCUT2D eigenvalue weighted by Crippen LogP contribution is 2.21. The van der Waals surface area contributed by atoms with Crippen molar-refractivity contribution in [3.05, 3.63) is 35.9 Å². The molecule has 1 aromatic rings. The van der Waals surface area contributed by atoms with Crippen LogP contribution in [0, 0.1) is 11.8 Å². The molecule has 0 saturated carbocycles. The molecule has 2 rings (SSSR count). The number of likely N-dealkylation sites (tertiary alicyclic amines) is 1. The van der Waals surface area contributed by atoms with Gasteiger partial charge in [-0.15, -0.1) is 0 Å². The third kappa shape index (κ3) is 20.7. The first kappa shape index (κ1) is 59.3. The third-order valence-corrected chi connectivity index (χ3v) is 11.8. The molecule has 0 bridgehead atoms. The van der Waals surface area contributed by atoms with Crippen molar-refractivity contribution < 1.29 is 63.3 Å². The Morgan fingerprint density at radius 2 is 1.38 bits per heavy atom. The smallest absolute Gasteiger partial charge is 0.326 e. The highest BCUT2D eigenvalue weighted by Gasteiger charge is 2.40. The highest BCUT2D eigenvalue weighted by molar-refractivity contribution is 7.98. The fourth-order valence-corrected chi connectivity index (χ4v) is 7.84. The van der Waals surface area contributed by atoms with E-state index in [1.807, 2.05) is 13.8 Å². The summed E-state index contributed by atoms with van der Waals surface area (Å²) in [6.45, 7) is 5.69. The molecule has 0 spiro atoms. The first-order valence-electron chi connectivity index (χ1n) is 23.1. The lowest BCUT2D eigenvalue weighted by Crippen LogP contribution is -2.59. The van der Waals surface area contributed by atoms with Crippen LogP contribution in [0.25, 0.3) is 0 Å². The molecule has 0 unspecified atom stereocenters. The molecule has 8 atom stereocenters. The number of carbonyl (C=O) groups excluding carboxylic acids is 8. The van der Waals surface area contributed by atoms with E-state index in [1.54, 1.807) is 50.4 Å². The van der Waals surface area contributed by atoms with Gasteiger partial charge in [0.2, 0.25) is 47.3 Å². The summed E-state index contributed by atoms with van der Waals surface area (Å²) in [5.74, 6) is -9.04. The fourth-order valence-electron chi connectivity index (χ4n) is 7.37. The van der Waals surface area contributed by atoms with Gasteiger partial charge in [0.15, 0.2) is 0 Å². The minimum Gasteiger partial charge on any atom is -0.481 e. The number of carbonyl (C=O) groups is 10. The fraction of sp³-hybridized carbons (Fsp3) is 0.644. The van der Waals surface area contributed by atoms with Crippen LogP contribution in [0.5, 0.6) is 0 Å². The summed E-state index contributed by atoms with van der Waals surface area (Å²) in [5.41, 5.74) is 12.0. The van der Waals surface area contributed by atoms with Gasteiger partial charge in [-0.3, -0.25) is 43.2 Å². The van der Waals surface area contributed by atoms with Gasteiger partial charge in [0, 0.05) is 13.0 Å². The Morgan fingerprint density at radius 3 is 1.96 bits per heavy atom. The van der Waals surface area contributed by atoms with E-state index in [2.05, 4.69) is 37.2 Å². The number of unbranched alkanes of at least 4 members (excludes halogenated alkanes) is 1. The van der Waals surface area contributed by atoms with Crippen LogP contribution in [-0.4, -0.2) is 166 Å². The predicted octanol–water partition coefficient (Wildman–Crippen LogP) is -2.29. The van der Waals surface area contributed by atoms with Gasteiger partial charge >= 0.3 is 11.9 Å². The minimum atomic E-state index is -1.57. The lowest BCUT2D eigenvalue weighted by atomic mass is 10.00. The molecule has 69 heavy (non-hydrogen) atoms. The van der Waals surface area contributed by atoms with Crippen LogP contribution in [0.15, 0.2) is 30.3 Å². The molecule has 0 aromatic heterocycles. The van der Waals surface area contributed by atoms with Gasteiger partial charge in [0.1, 0.15) is 42.3 Å². The monoisotopic (exact) mass is 993 g/mol. The topological polar surface area (TPSA) is 371 Å². The Kier molecular flexibility index (Phi) is 26.3. The average Bonchev–Trinajstić information content (AvgIpc) is 3.79. The van der Waals surface area contributed by atoms with E-state index in [-0.39, 0.29) is 51.1 Å². The maximum atomic E-state index is 14.0. The number of carboxylic acid groups (broad SMARTS) is 2. The van der Waals surface area contributed by atoms with Crippen LogP contribution < -0.4 is 48.7 Å². The van der Waals surface area contributed by atoms with Gasteiger partial charge < -0.3 is 68.9 Å². The van der Waals surface area contributed by atoms with Crippen molar-refractivity contribution in [2.75, 3.05) is 38.2 Å². The van der Waals surface area contributed by atoms with Crippen molar-refractivity contribution in [3.63, 3.8) is 0 Å². The normalized spacial score (nSPS) is 16.4. The Balaban J connectivity index is 2.18. The van der Waals surface area contributed by atoms with E-state index in [0.29, 0.717) is 30.6 Å². The number of nitrogens with one attached hydrogen (secondary N) is 7. The van der Waals surface area contributed by atoms with E-state index >= 15 is 0 Å². The van der Waals surface area contributed by atoms with Crippen molar-refractivity contribution in [2.45, 2.75) is 134 Å². The maximum absolute atomic E-state index is 14.0. The number of hydrogen-bond acceptors (Lipinski definition) is 14. The molecule has 1 aromatic carbocycles. The number of carboxylic acids is 2. The number of nitrogens with two attached hydrogens (primary N) is 2. The summed E-state index contributed by atoms with van der Waals surface area (Å²) in [7, 11) is 0. The van der Waals surface area contributed by atoms with Crippen LogP contribution in [0.2, 0.25) is 0 Å². The zero-order chi connectivity index (χ0) is 51.8. The summed E-state index contributed by atoms with van der Waals surface area (Å²) in [5, 5.41) is 46.5. The van der Waals surface area contributed by atoms with Crippen LogP contribution in [0.1, 0.15) is 84.6 Å². The molecule has 8 amide bonds. The largest absolute Gasteiger partial charge is 0.481 e. The van der Waals surface area contributed by atoms with E-state index in [0.717, 1.165) is 0 Å². The molecule has 0 radical (unpaired) electrons. The number of thioether (sulfide) groups is 1. The number of rotatable bonds is 31.